The van der Waals surface area contributed by atoms with E-state index in [4.69, 9.17) is 4.74 Å². The Kier molecular flexibility index (Phi) is 7.04. The number of hydrogen-bond acceptors (Lipinski definition) is 7. The van der Waals surface area contributed by atoms with Gasteiger partial charge < -0.3 is 9.84 Å². The molecule has 4 aromatic rings. The van der Waals surface area contributed by atoms with Gasteiger partial charge in [-0.2, -0.15) is 5.10 Å². The molecule has 34 heavy (non-hydrogen) atoms. The van der Waals surface area contributed by atoms with E-state index in [0.717, 1.165) is 21.3 Å². The molecule has 0 radical (unpaired) electrons. The number of rotatable bonds is 8. The number of nitrogens with one attached hydrogen (secondary N) is 1. The maximum atomic E-state index is 12.6. The number of hydrazone groups is 1. The maximum absolute atomic E-state index is 12.6. The molecule has 1 aromatic heterocycles. The highest BCUT2D eigenvalue weighted by Crippen LogP contribution is 2.31. The summed E-state index contributed by atoms with van der Waals surface area (Å²) in [7, 11) is 1.58. The zero-order valence-corrected chi connectivity index (χ0v) is 20.0. The van der Waals surface area contributed by atoms with Crippen LogP contribution in [-0.2, 0) is 0 Å². The van der Waals surface area contributed by atoms with Crippen LogP contribution in [0.1, 0.15) is 46.8 Å². The predicted molar refractivity (Wildman–Crippen MR) is 139 cm³/mol. The van der Waals surface area contributed by atoms with Gasteiger partial charge in [-0.3, -0.25) is 10.2 Å². The van der Waals surface area contributed by atoms with Crippen molar-refractivity contribution in [3.8, 4) is 11.5 Å². The van der Waals surface area contributed by atoms with E-state index in [-0.39, 0.29) is 17.5 Å². The van der Waals surface area contributed by atoms with Crippen LogP contribution in [0.25, 0.3) is 16.3 Å². The fourth-order valence-corrected chi connectivity index (χ4v) is 4.26. The van der Waals surface area contributed by atoms with Gasteiger partial charge in [-0.15, -0.1) is 0 Å². The van der Waals surface area contributed by atoms with E-state index in [0.29, 0.717) is 22.0 Å². The van der Waals surface area contributed by atoms with Gasteiger partial charge in [0.05, 0.1) is 23.5 Å². The molecular weight excluding hydrogens is 446 g/mol. The van der Waals surface area contributed by atoms with Gasteiger partial charge in [-0.05, 0) is 77.7 Å². The molecule has 0 fully saturated rings. The first-order chi connectivity index (χ1) is 16.4. The molecule has 6 nitrogen and oxygen atoms in total. The second-order valence-electron chi connectivity index (χ2n) is 7.99. The van der Waals surface area contributed by atoms with E-state index in [9.17, 15) is 9.90 Å². The minimum atomic E-state index is -0.162. The summed E-state index contributed by atoms with van der Waals surface area (Å²) >= 11 is 1.53. The van der Waals surface area contributed by atoms with Gasteiger partial charge in [0.2, 0.25) is 5.13 Å². The number of aromatic nitrogens is 1. The normalized spacial score (nSPS) is 11.6. The van der Waals surface area contributed by atoms with Gasteiger partial charge >= 0.3 is 0 Å². The third-order valence-electron chi connectivity index (χ3n) is 5.27. The van der Waals surface area contributed by atoms with Crippen LogP contribution in [0.5, 0.6) is 11.5 Å². The lowest BCUT2D eigenvalue weighted by molar-refractivity contribution is 0.104. The molecule has 0 spiro atoms. The minimum absolute atomic E-state index is 0.0926. The lowest BCUT2D eigenvalue weighted by atomic mass is 9.96. The van der Waals surface area contributed by atoms with E-state index in [1.165, 1.54) is 17.4 Å². The third kappa shape index (κ3) is 5.32. The number of nitrogens with zero attached hydrogens (tertiary/aromatic N) is 2. The molecule has 0 atom stereocenters. The molecule has 0 aliphatic rings. The van der Waals surface area contributed by atoms with Crippen LogP contribution in [0.3, 0.4) is 0 Å². The Morgan fingerprint density at radius 1 is 1.15 bits per heavy atom. The van der Waals surface area contributed by atoms with Crippen LogP contribution < -0.4 is 10.2 Å². The van der Waals surface area contributed by atoms with Gasteiger partial charge in [0.25, 0.3) is 0 Å². The lowest BCUT2D eigenvalue weighted by Gasteiger charge is -2.12. The van der Waals surface area contributed by atoms with Gasteiger partial charge in [0.1, 0.15) is 11.5 Å². The van der Waals surface area contributed by atoms with Crippen LogP contribution in [0.2, 0.25) is 0 Å². The second-order valence-corrected chi connectivity index (χ2v) is 9.02. The van der Waals surface area contributed by atoms with Crippen molar-refractivity contribution in [3.63, 3.8) is 0 Å². The smallest absolute Gasteiger partial charge is 0.204 e. The van der Waals surface area contributed by atoms with Crippen molar-refractivity contribution in [2.24, 2.45) is 5.10 Å². The number of fused-ring (bicyclic) bond motifs is 1. The van der Waals surface area contributed by atoms with Crippen molar-refractivity contribution in [2.75, 3.05) is 12.5 Å². The molecule has 0 saturated heterocycles. The van der Waals surface area contributed by atoms with E-state index in [1.807, 2.05) is 44.2 Å². The molecule has 0 aliphatic carbocycles. The minimum Gasteiger partial charge on any atom is -0.507 e. The SMILES string of the molecule is COc1ccc(C(=O)/C=C/c2cc(/C=N/Nc3nc4ccccc4s3)cc(C(C)C)c2O)cc1. The average molecular weight is 472 g/mol. The van der Waals surface area contributed by atoms with Crippen molar-refractivity contribution in [2.45, 2.75) is 19.8 Å². The zero-order valence-electron chi connectivity index (χ0n) is 19.1. The van der Waals surface area contributed by atoms with E-state index in [1.54, 1.807) is 49.7 Å². The van der Waals surface area contributed by atoms with E-state index >= 15 is 0 Å². The number of ketones is 1. The summed E-state index contributed by atoms with van der Waals surface area (Å²) in [6.07, 6.45) is 4.77. The van der Waals surface area contributed by atoms with Crippen molar-refractivity contribution in [1.29, 1.82) is 0 Å². The fourth-order valence-electron chi connectivity index (χ4n) is 3.44. The van der Waals surface area contributed by atoms with Crippen LogP contribution in [0, 0.1) is 0 Å². The van der Waals surface area contributed by atoms with Gasteiger partial charge in [0, 0.05) is 11.1 Å². The first-order valence-electron chi connectivity index (χ1n) is 10.8. The maximum Gasteiger partial charge on any atom is 0.204 e. The summed E-state index contributed by atoms with van der Waals surface area (Å²) in [5.74, 6) is 0.774. The van der Waals surface area contributed by atoms with Crippen LogP contribution in [-0.4, -0.2) is 29.2 Å². The van der Waals surface area contributed by atoms with Gasteiger partial charge in [-0.25, -0.2) is 4.98 Å². The number of methoxy groups -OCH3 is 1. The molecule has 0 aliphatic heterocycles. The highest BCUT2D eigenvalue weighted by molar-refractivity contribution is 7.22. The second kappa shape index (κ2) is 10.3. The van der Waals surface area contributed by atoms with Crippen LogP contribution in [0.15, 0.2) is 71.8 Å². The van der Waals surface area contributed by atoms with Crippen LogP contribution >= 0.6 is 11.3 Å². The summed E-state index contributed by atoms with van der Waals surface area (Å²) < 4.78 is 6.22. The Balaban J connectivity index is 1.56. The number of carbonyl (C=O) groups excluding carboxylic acids is 1. The van der Waals surface area contributed by atoms with Crippen molar-refractivity contribution >= 4 is 44.8 Å². The molecule has 7 heteroatoms. The Bertz CT molecular complexity index is 1340. The number of phenols is 1. The summed E-state index contributed by atoms with van der Waals surface area (Å²) in [5.41, 5.74) is 6.57. The number of ether oxygens (including phenoxy) is 1. The molecule has 4 rings (SSSR count). The summed E-state index contributed by atoms with van der Waals surface area (Å²) in [6, 6.07) is 18.5. The fraction of sp³-hybridized carbons (Fsp3) is 0.148. The van der Waals surface area contributed by atoms with Gasteiger partial charge in [0.15, 0.2) is 5.78 Å². The standard InChI is InChI=1S/C27H25N3O3S/c1-17(2)22-15-18(16-28-30-27-29-23-6-4-5-7-25(23)34-27)14-20(26(22)32)10-13-24(31)19-8-11-21(33-3)12-9-19/h4-17,32H,1-3H3,(H,29,30)/b13-10+,28-16+. The number of phenolic OH excluding ortho intramolecular Hbond substituents is 1. The largest absolute Gasteiger partial charge is 0.507 e. The Hall–Kier alpha value is -3.97. The number of thiazole rings is 1. The highest BCUT2D eigenvalue weighted by atomic mass is 32.1. The molecule has 1 heterocycles. The number of anilines is 1. The number of benzene rings is 3. The first-order valence-corrected chi connectivity index (χ1v) is 11.6. The lowest BCUT2D eigenvalue weighted by Crippen LogP contribution is -1.97. The first kappa shape index (κ1) is 23.2. The van der Waals surface area contributed by atoms with E-state index in [2.05, 4.69) is 15.5 Å². The highest BCUT2D eigenvalue weighted by Gasteiger charge is 2.12. The molecule has 172 valence electrons. The molecule has 2 N–H and O–H groups in total. The summed E-state index contributed by atoms with van der Waals surface area (Å²) in [4.78, 5) is 17.1. The van der Waals surface area contributed by atoms with Gasteiger partial charge in [-0.1, -0.05) is 37.3 Å². The number of hydrogen-bond donors (Lipinski definition) is 2. The summed E-state index contributed by atoms with van der Waals surface area (Å²) in [5, 5.41) is 15.8. The number of carbonyl (C=O) groups is 1. The number of para-hydroxylation sites is 1. The Morgan fingerprint density at radius 2 is 1.91 bits per heavy atom. The molecule has 3 aromatic carbocycles. The van der Waals surface area contributed by atoms with E-state index < -0.39 is 0 Å². The molecule has 0 amide bonds. The molecule has 0 bridgehead atoms. The third-order valence-corrected chi connectivity index (χ3v) is 6.21. The number of aromatic hydroxyl groups is 1. The average Bonchev–Trinajstić information content (AvgIpc) is 3.26. The molecular formula is C27H25N3O3S. The van der Waals surface area contributed by atoms with Crippen LogP contribution in [0.4, 0.5) is 5.13 Å². The van der Waals surface area contributed by atoms with Crippen molar-refractivity contribution < 1.29 is 14.6 Å². The quantitative estimate of drug-likeness (QED) is 0.133. The predicted octanol–water partition coefficient (Wildman–Crippen LogP) is 6.48. The Morgan fingerprint density at radius 3 is 2.62 bits per heavy atom. The Labute approximate surface area is 202 Å². The van der Waals surface area contributed by atoms with Crippen molar-refractivity contribution in [3.05, 3.63) is 89.0 Å². The summed E-state index contributed by atoms with van der Waals surface area (Å²) in [6.45, 7) is 4.01. The number of allylic oxidation sites excluding steroid dienone is 1. The monoisotopic (exact) mass is 471 g/mol. The zero-order chi connectivity index (χ0) is 24.1. The molecule has 0 saturated carbocycles. The molecule has 0 unspecified atom stereocenters. The van der Waals surface area contributed by atoms with Crippen molar-refractivity contribution in [1.82, 2.24) is 4.98 Å². The topological polar surface area (TPSA) is 83.8 Å².